The maximum atomic E-state index is 11.2. The molecule has 1 saturated heterocycles. The van der Waals surface area contributed by atoms with Crippen molar-refractivity contribution in [1.29, 1.82) is 0 Å². The van der Waals surface area contributed by atoms with Gasteiger partial charge in [-0.1, -0.05) is 9.39 Å². The summed E-state index contributed by atoms with van der Waals surface area (Å²) in [7, 11) is 2.29. The van der Waals surface area contributed by atoms with Crippen LogP contribution >= 0.6 is 9.39 Å². The predicted molar refractivity (Wildman–Crippen MR) is 47.6 cm³/mol. The van der Waals surface area contributed by atoms with Crippen LogP contribution in [0.25, 0.3) is 0 Å². The molecule has 0 bridgehead atoms. The van der Waals surface area contributed by atoms with Crippen molar-refractivity contribution in [3.05, 3.63) is 0 Å². The monoisotopic (exact) mass is 191 g/mol. The van der Waals surface area contributed by atoms with Crippen molar-refractivity contribution in [3.63, 3.8) is 0 Å². The quantitative estimate of drug-likeness (QED) is 0.507. The van der Waals surface area contributed by atoms with Crippen molar-refractivity contribution >= 4 is 15.4 Å². The SMILES string of the molecule is C[C@H](NP)C(=O)O[C@H]1CCOC1. The molecule has 1 aliphatic rings. The van der Waals surface area contributed by atoms with Crippen LogP contribution in [0.4, 0.5) is 0 Å². The fraction of sp³-hybridized carbons (Fsp3) is 0.857. The van der Waals surface area contributed by atoms with Crippen LogP contribution in [0.3, 0.4) is 0 Å². The summed E-state index contributed by atoms with van der Waals surface area (Å²) in [5.41, 5.74) is 0. The van der Waals surface area contributed by atoms with E-state index in [1.54, 1.807) is 6.92 Å². The van der Waals surface area contributed by atoms with E-state index in [0.717, 1.165) is 6.42 Å². The van der Waals surface area contributed by atoms with Crippen molar-refractivity contribution in [2.45, 2.75) is 25.5 Å². The van der Waals surface area contributed by atoms with Gasteiger partial charge in [0.15, 0.2) is 0 Å². The Morgan fingerprint density at radius 2 is 2.58 bits per heavy atom. The smallest absolute Gasteiger partial charge is 0.323 e. The molecular weight excluding hydrogens is 177 g/mol. The second kappa shape index (κ2) is 4.75. The molecule has 1 fully saturated rings. The molecule has 1 N–H and O–H groups in total. The van der Waals surface area contributed by atoms with E-state index in [-0.39, 0.29) is 18.1 Å². The van der Waals surface area contributed by atoms with Gasteiger partial charge in [-0.3, -0.25) is 9.88 Å². The Kier molecular flexibility index (Phi) is 3.92. The third kappa shape index (κ3) is 2.70. The zero-order valence-corrected chi connectivity index (χ0v) is 8.23. The first-order chi connectivity index (χ1) is 5.74. The summed E-state index contributed by atoms with van der Waals surface area (Å²) in [5.74, 6) is -0.222. The van der Waals surface area contributed by atoms with Gasteiger partial charge in [-0.25, -0.2) is 0 Å². The van der Waals surface area contributed by atoms with Crippen molar-refractivity contribution in [2.75, 3.05) is 13.2 Å². The maximum Gasteiger partial charge on any atom is 0.323 e. The van der Waals surface area contributed by atoms with Crippen LogP contribution in [0.2, 0.25) is 0 Å². The molecule has 0 aromatic heterocycles. The van der Waals surface area contributed by atoms with E-state index in [1.165, 1.54) is 0 Å². The summed E-state index contributed by atoms with van der Waals surface area (Å²) in [6.07, 6.45) is 0.772. The van der Waals surface area contributed by atoms with Crippen molar-refractivity contribution in [1.82, 2.24) is 5.09 Å². The molecule has 4 nitrogen and oxygen atoms in total. The number of hydrogen-bond donors (Lipinski definition) is 1. The standard InChI is InChI=1S/C7H14NO3P/c1-5(8-12)7(9)11-6-2-3-10-4-6/h5-6,8H,2-4,12H2,1H3/t5-,6-/m0/s1. The summed E-state index contributed by atoms with van der Waals surface area (Å²) >= 11 is 0. The van der Waals surface area contributed by atoms with Crippen LogP contribution in [0.15, 0.2) is 0 Å². The van der Waals surface area contributed by atoms with E-state index < -0.39 is 0 Å². The van der Waals surface area contributed by atoms with Crippen LogP contribution in [-0.2, 0) is 14.3 Å². The first-order valence-electron chi connectivity index (χ1n) is 3.98. The normalized spacial score (nSPS) is 25.3. The molecule has 0 spiro atoms. The van der Waals surface area contributed by atoms with E-state index in [2.05, 4.69) is 14.5 Å². The predicted octanol–water partition coefficient (Wildman–Crippen LogP) is 0.0867. The molecule has 1 heterocycles. The molecule has 5 heteroatoms. The van der Waals surface area contributed by atoms with Gasteiger partial charge in [0.1, 0.15) is 12.1 Å². The molecule has 3 atom stereocenters. The van der Waals surface area contributed by atoms with Gasteiger partial charge in [-0.15, -0.1) is 0 Å². The molecule has 0 amide bonds. The van der Waals surface area contributed by atoms with E-state index in [1.807, 2.05) is 0 Å². The number of rotatable bonds is 3. The number of ether oxygens (including phenoxy) is 2. The van der Waals surface area contributed by atoms with Gasteiger partial charge in [0, 0.05) is 6.42 Å². The van der Waals surface area contributed by atoms with Gasteiger partial charge in [0.05, 0.1) is 13.2 Å². The number of esters is 1. The minimum atomic E-state index is -0.268. The van der Waals surface area contributed by atoms with Gasteiger partial charge in [-0.2, -0.15) is 0 Å². The average Bonchev–Trinajstić information content (AvgIpc) is 2.55. The molecule has 1 rings (SSSR count). The fourth-order valence-electron chi connectivity index (χ4n) is 0.940. The molecule has 0 saturated carbocycles. The molecule has 12 heavy (non-hydrogen) atoms. The molecule has 1 unspecified atom stereocenters. The molecule has 1 aliphatic heterocycles. The summed E-state index contributed by atoms with van der Waals surface area (Å²) in [6, 6.07) is -0.268. The van der Waals surface area contributed by atoms with Gasteiger partial charge in [0.25, 0.3) is 0 Å². The van der Waals surface area contributed by atoms with Crippen LogP contribution in [-0.4, -0.2) is 31.3 Å². The maximum absolute atomic E-state index is 11.2. The zero-order valence-electron chi connectivity index (χ0n) is 7.08. The highest BCUT2D eigenvalue weighted by atomic mass is 31.0. The van der Waals surface area contributed by atoms with Gasteiger partial charge in [0.2, 0.25) is 0 Å². The van der Waals surface area contributed by atoms with Crippen LogP contribution in [0.1, 0.15) is 13.3 Å². The lowest BCUT2D eigenvalue weighted by Gasteiger charge is -2.13. The molecule has 70 valence electrons. The number of hydrogen-bond acceptors (Lipinski definition) is 4. The number of nitrogens with one attached hydrogen (secondary N) is 1. The third-order valence-corrected chi connectivity index (χ3v) is 2.27. The average molecular weight is 191 g/mol. The van der Waals surface area contributed by atoms with Crippen molar-refractivity contribution < 1.29 is 14.3 Å². The topological polar surface area (TPSA) is 47.6 Å². The van der Waals surface area contributed by atoms with Gasteiger partial charge >= 0.3 is 5.97 Å². The molecule has 0 aromatic carbocycles. The van der Waals surface area contributed by atoms with E-state index >= 15 is 0 Å². The van der Waals surface area contributed by atoms with Gasteiger partial charge < -0.3 is 9.47 Å². The number of carbonyl (C=O) groups is 1. The van der Waals surface area contributed by atoms with Crippen molar-refractivity contribution in [3.8, 4) is 0 Å². The summed E-state index contributed by atoms with van der Waals surface area (Å²) in [6.45, 7) is 2.99. The first-order valence-corrected chi connectivity index (χ1v) is 4.56. The Balaban J connectivity index is 2.25. The molecule has 0 aliphatic carbocycles. The Hall–Kier alpha value is -0.180. The summed E-state index contributed by atoms with van der Waals surface area (Å²) < 4.78 is 10.2. The second-order valence-corrected chi connectivity index (χ2v) is 3.14. The fourth-order valence-corrected chi connectivity index (χ4v) is 1.08. The molecular formula is C7H14NO3P. The minimum absolute atomic E-state index is 0.0432. The Labute approximate surface area is 74.2 Å². The Bertz CT molecular complexity index is 159. The van der Waals surface area contributed by atoms with Crippen LogP contribution in [0, 0.1) is 0 Å². The highest BCUT2D eigenvalue weighted by Crippen LogP contribution is 2.09. The van der Waals surface area contributed by atoms with E-state index in [9.17, 15) is 4.79 Å². The van der Waals surface area contributed by atoms with Crippen LogP contribution in [0.5, 0.6) is 0 Å². The minimum Gasteiger partial charge on any atom is -0.459 e. The highest BCUT2D eigenvalue weighted by Gasteiger charge is 2.22. The Morgan fingerprint density at radius 1 is 1.83 bits per heavy atom. The van der Waals surface area contributed by atoms with E-state index in [4.69, 9.17) is 9.47 Å². The highest BCUT2D eigenvalue weighted by molar-refractivity contribution is 7.13. The summed E-state index contributed by atoms with van der Waals surface area (Å²) in [4.78, 5) is 11.2. The lowest BCUT2D eigenvalue weighted by atomic mass is 10.3. The van der Waals surface area contributed by atoms with Crippen LogP contribution < -0.4 is 5.09 Å². The molecule has 0 aromatic rings. The van der Waals surface area contributed by atoms with E-state index in [0.29, 0.717) is 13.2 Å². The zero-order chi connectivity index (χ0) is 8.97. The Morgan fingerprint density at radius 3 is 3.08 bits per heavy atom. The first kappa shape index (κ1) is 9.90. The lowest BCUT2D eigenvalue weighted by Crippen LogP contribution is -2.32. The third-order valence-electron chi connectivity index (χ3n) is 1.77. The lowest BCUT2D eigenvalue weighted by molar-refractivity contribution is -0.150. The van der Waals surface area contributed by atoms with Gasteiger partial charge in [-0.05, 0) is 6.92 Å². The largest absolute Gasteiger partial charge is 0.459 e. The van der Waals surface area contributed by atoms with Crippen molar-refractivity contribution in [2.24, 2.45) is 0 Å². The summed E-state index contributed by atoms with van der Waals surface area (Å²) in [5, 5.41) is 2.74. The molecule has 0 radical (unpaired) electrons. The number of carbonyl (C=O) groups excluding carboxylic acids is 1. The second-order valence-electron chi connectivity index (χ2n) is 2.81.